The first-order chi connectivity index (χ1) is 16.1. The molecule has 0 saturated carbocycles. The van der Waals surface area contributed by atoms with Crippen molar-refractivity contribution in [1.29, 1.82) is 0 Å². The number of carbonyl (C=O) groups excluding carboxylic acids is 2. The van der Waals surface area contributed by atoms with E-state index in [1.54, 1.807) is 0 Å². The van der Waals surface area contributed by atoms with E-state index in [1.807, 2.05) is 30.3 Å². The van der Waals surface area contributed by atoms with Crippen molar-refractivity contribution in [3.05, 3.63) is 59.2 Å². The number of hydrogen-bond donors (Lipinski definition) is 1. The lowest BCUT2D eigenvalue weighted by molar-refractivity contribution is -0.134. The second kappa shape index (κ2) is 8.04. The molecule has 3 aliphatic heterocycles. The predicted molar refractivity (Wildman–Crippen MR) is 121 cm³/mol. The molecule has 172 valence electrons. The Kier molecular flexibility index (Phi) is 4.99. The van der Waals surface area contributed by atoms with Gasteiger partial charge in [-0.1, -0.05) is 30.3 Å². The van der Waals surface area contributed by atoms with Crippen LogP contribution in [0.4, 0.5) is 4.79 Å². The van der Waals surface area contributed by atoms with Crippen LogP contribution >= 0.6 is 0 Å². The number of nitrogens with one attached hydrogen (secondary N) is 1. The summed E-state index contributed by atoms with van der Waals surface area (Å²) in [4.78, 5) is 32.4. The first-order valence-electron chi connectivity index (χ1n) is 11.7. The van der Waals surface area contributed by atoms with Crippen molar-refractivity contribution in [3.8, 4) is 11.5 Å². The number of rotatable bonds is 4. The minimum Gasteiger partial charge on any atom is -0.454 e. The smallest absolute Gasteiger partial charge is 0.326 e. The van der Waals surface area contributed by atoms with Crippen molar-refractivity contribution in [2.45, 2.75) is 31.3 Å². The summed E-state index contributed by atoms with van der Waals surface area (Å²) in [5, 5.41) is 3.06. The van der Waals surface area contributed by atoms with Gasteiger partial charge in [0.1, 0.15) is 5.54 Å². The predicted octanol–water partition coefficient (Wildman–Crippen LogP) is 2.27. The number of nitrogens with zero attached hydrogens (tertiary/aromatic N) is 3. The summed E-state index contributed by atoms with van der Waals surface area (Å²) in [6, 6.07) is 13.8. The molecule has 1 atom stereocenters. The van der Waals surface area contributed by atoms with Gasteiger partial charge in [-0.05, 0) is 48.1 Å². The van der Waals surface area contributed by atoms with Gasteiger partial charge in [0.15, 0.2) is 11.5 Å². The molecule has 33 heavy (non-hydrogen) atoms. The highest BCUT2D eigenvalue weighted by molar-refractivity contribution is 6.07. The van der Waals surface area contributed by atoms with Gasteiger partial charge in [0.05, 0.1) is 6.67 Å². The zero-order valence-corrected chi connectivity index (χ0v) is 18.6. The van der Waals surface area contributed by atoms with Crippen molar-refractivity contribution >= 4 is 11.9 Å². The SMILES string of the molecule is O=C1N[C@@]2(CCCc3ccccc32)C(=O)N1CN1CCN(Cc2ccc3c(c2)OCO3)CC1. The molecule has 4 aliphatic rings. The summed E-state index contributed by atoms with van der Waals surface area (Å²) >= 11 is 0. The summed E-state index contributed by atoms with van der Waals surface area (Å²) in [5.41, 5.74) is 2.43. The van der Waals surface area contributed by atoms with Gasteiger partial charge in [0, 0.05) is 32.7 Å². The topological polar surface area (TPSA) is 74.4 Å². The van der Waals surface area contributed by atoms with Crippen LogP contribution in [0, 0.1) is 0 Å². The third-order valence-electron chi connectivity index (χ3n) is 7.30. The van der Waals surface area contributed by atoms with Crippen LogP contribution in [0.3, 0.4) is 0 Å². The highest BCUT2D eigenvalue weighted by Gasteiger charge is 2.54. The second-order valence-electron chi connectivity index (χ2n) is 9.30. The third-order valence-corrected chi connectivity index (χ3v) is 7.30. The Bertz CT molecular complexity index is 1100. The summed E-state index contributed by atoms with van der Waals surface area (Å²) < 4.78 is 10.9. The minimum absolute atomic E-state index is 0.109. The summed E-state index contributed by atoms with van der Waals surface area (Å²) in [5.74, 6) is 1.50. The number of hydrogen-bond acceptors (Lipinski definition) is 6. The third kappa shape index (κ3) is 3.54. The standard InChI is InChI=1S/C25H28N4O4/c30-23-25(9-3-5-19-4-1-2-6-20(19)25)26-24(31)29(23)16-28-12-10-27(11-13-28)15-18-7-8-21-22(14-18)33-17-32-21/h1-2,4,6-8,14H,3,5,9-13,15-17H2,(H,26,31)/t25-/m1/s1. The number of aryl methyl sites for hydroxylation is 1. The quantitative estimate of drug-likeness (QED) is 0.724. The fourth-order valence-electron chi connectivity index (χ4n) is 5.53. The highest BCUT2D eigenvalue weighted by Crippen LogP contribution is 2.40. The van der Waals surface area contributed by atoms with E-state index in [2.05, 4.69) is 27.2 Å². The van der Waals surface area contributed by atoms with Gasteiger partial charge in [-0.3, -0.25) is 14.6 Å². The average molecular weight is 449 g/mol. The molecule has 0 radical (unpaired) electrons. The van der Waals surface area contributed by atoms with Crippen LogP contribution in [0.15, 0.2) is 42.5 Å². The molecule has 0 bridgehead atoms. The molecule has 1 aliphatic carbocycles. The summed E-state index contributed by atoms with van der Waals surface area (Å²) in [7, 11) is 0. The molecule has 2 aromatic carbocycles. The van der Waals surface area contributed by atoms with Crippen molar-refractivity contribution in [2.24, 2.45) is 0 Å². The van der Waals surface area contributed by atoms with Gasteiger partial charge in [-0.25, -0.2) is 9.69 Å². The van der Waals surface area contributed by atoms with Crippen molar-refractivity contribution in [1.82, 2.24) is 20.0 Å². The second-order valence-corrected chi connectivity index (χ2v) is 9.30. The Labute approximate surface area is 193 Å². The number of fused-ring (bicyclic) bond motifs is 3. The maximum absolute atomic E-state index is 13.5. The lowest BCUT2D eigenvalue weighted by atomic mass is 9.76. The normalized spacial score (nSPS) is 24.9. The molecule has 2 fully saturated rings. The van der Waals surface area contributed by atoms with E-state index in [9.17, 15) is 9.59 Å². The van der Waals surface area contributed by atoms with Crippen LogP contribution in [0.5, 0.6) is 11.5 Å². The maximum atomic E-state index is 13.5. The van der Waals surface area contributed by atoms with E-state index in [-0.39, 0.29) is 18.7 Å². The molecule has 8 nitrogen and oxygen atoms in total. The van der Waals surface area contributed by atoms with Crippen LogP contribution in [0.25, 0.3) is 0 Å². The van der Waals surface area contributed by atoms with Crippen LogP contribution in [-0.2, 0) is 23.3 Å². The Morgan fingerprint density at radius 3 is 2.61 bits per heavy atom. The number of benzene rings is 2. The fraction of sp³-hybridized carbons (Fsp3) is 0.440. The molecule has 0 unspecified atom stereocenters. The molecular formula is C25H28N4O4. The van der Waals surface area contributed by atoms with Gasteiger partial charge >= 0.3 is 6.03 Å². The van der Waals surface area contributed by atoms with E-state index in [4.69, 9.17) is 9.47 Å². The van der Waals surface area contributed by atoms with Crippen LogP contribution in [-0.4, -0.2) is 66.3 Å². The molecule has 2 saturated heterocycles. The number of piperazine rings is 1. The Morgan fingerprint density at radius 1 is 0.939 bits per heavy atom. The monoisotopic (exact) mass is 448 g/mol. The van der Waals surface area contributed by atoms with E-state index >= 15 is 0 Å². The summed E-state index contributed by atoms with van der Waals surface area (Å²) in [6.45, 7) is 4.85. The lowest BCUT2D eigenvalue weighted by Crippen LogP contribution is -2.51. The van der Waals surface area contributed by atoms with E-state index < -0.39 is 5.54 Å². The van der Waals surface area contributed by atoms with Gasteiger partial charge < -0.3 is 14.8 Å². The fourth-order valence-corrected chi connectivity index (χ4v) is 5.53. The molecule has 3 heterocycles. The molecule has 1 N–H and O–H groups in total. The van der Waals surface area contributed by atoms with Crippen LogP contribution < -0.4 is 14.8 Å². The van der Waals surface area contributed by atoms with Crippen molar-refractivity contribution in [3.63, 3.8) is 0 Å². The van der Waals surface area contributed by atoms with E-state index in [0.717, 1.165) is 68.2 Å². The first-order valence-corrected chi connectivity index (χ1v) is 11.7. The molecular weight excluding hydrogens is 420 g/mol. The van der Waals surface area contributed by atoms with Crippen LogP contribution in [0.2, 0.25) is 0 Å². The number of amides is 3. The average Bonchev–Trinajstić information content (AvgIpc) is 3.39. The van der Waals surface area contributed by atoms with E-state index in [1.165, 1.54) is 10.5 Å². The number of carbonyl (C=O) groups is 2. The minimum atomic E-state index is -0.896. The van der Waals surface area contributed by atoms with E-state index in [0.29, 0.717) is 13.1 Å². The van der Waals surface area contributed by atoms with Gasteiger partial charge in [-0.2, -0.15) is 0 Å². The zero-order chi connectivity index (χ0) is 22.4. The van der Waals surface area contributed by atoms with Gasteiger partial charge in [0.2, 0.25) is 6.79 Å². The molecule has 2 aromatic rings. The number of ether oxygens (including phenoxy) is 2. The van der Waals surface area contributed by atoms with Crippen molar-refractivity contribution < 1.29 is 19.1 Å². The number of imide groups is 1. The van der Waals surface area contributed by atoms with Gasteiger partial charge in [0.25, 0.3) is 5.91 Å². The van der Waals surface area contributed by atoms with Gasteiger partial charge in [-0.15, -0.1) is 0 Å². The Morgan fingerprint density at radius 2 is 1.73 bits per heavy atom. The largest absolute Gasteiger partial charge is 0.454 e. The molecule has 1 spiro atoms. The molecule has 3 amide bonds. The summed E-state index contributed by atoms with van der Waals surface area (Å²) in [6.07, 6.45) is 2.51. The molecule has 0 aromatic heterocycles. The lowest BCUT2D eigenvalue weighted by Gasteiger charge is -2.36. The highest BCUT2D eigenvalue weighted by atomic mass is 16.7. The molecule has 6 rings (SSSR count). The Hall–Kier alpha value is -3.10. The van der Waals surface area contributed by atoms with Crippen LogP contribution in [0.1, 0.15) is 29.5 Å². The number of urea groups is 1. The zero-order valence-electron chi connectivity index (χ0n) is 18.6. The maximum Gasteiger partial charge on any atom is 0.326 e. The first kappa shape index (κ1) is 20.5. The van der Waals surface area contributed by atoms with Crippen molar-refractivity contribution in [2.75, 3.05) is 39.6 Å². The Balaban J connectivity index is 1.09. The molecule has 8 heteroatoms.